The van der Waals surface area contributed by atoms with Crippen LogP contribution in [0.25, 0.3) is 0 Å². The molecule has 0 fully saturated rings. The molecule has 0 heterocycles. The van der Waals surface area contributed by atoms with Crippen molar-refractivity contribution in [1.29, 1.82) is 10.8 Å². The van der Waals surface area contributed by atoms with E-state index in [1.165, 1.54) is 0 Å². The van der Waals surface area contributed by atoms with E-state index in [2.05, 4.69) is 21.5 Å². The zero-order valence-electron chi connectivity index (χ0n) is 14.0. The van der Waals surface area contributed by atoms with Crippen molar-refractivity contribution in [3.05, 3.63) is 29.3 Å². The van der Waals surface area contributed by atoms with Crippen molar-refractivity contribution in [3.8, 4) is 0 Å². The van der Waals surface area contributed by atoms with Crippen LogP contribution in [-0.4, -0.2) is 31.4 Å². The number of nitrogens with one attached hydrogen (secondary N) is 5. The fourth-order valence-corrected chi connectivity index (χ4v) is 2.04. The Morgan fingerprint density at radius 3 is 2.83 bits per heavy atom. The Hall–Kier alpha value is -2.78. The van der Waals surface area contributed by atoms with Gasteiger partial charge in [-0.25, -0.2) is 4.99 Å². The van der Waals surface area contributed by atoms with E-state index in [-0.39, 0.29) is 12.5 Å². The number of aliphatic imine (C=N–C) groups is 1. The highest BCUT2D eigenvalue weighted by Gasteiger charge is 2.13. The van der Waals surface area contributed by atoms with E-state index in [0.29, 0.717) is 12.1 Å². The maximum atomic E-state index is 10.3. The first-order chi connectivity index (χ1) is 11.5. The van der Waals surface area contributed by atoms with Crippen LogP contribution in [0, 0.1) is 10.8 Å². The monoisotopic (exact) mass is 333 g/mol. The number of anilines is 1. The summed E-state index contributed by atoms with van der Waals surface area (Å²) in [5, 5.41) is 16.5. The van der Waals surface area contributed by atoms with Gasteiger partial charge in [0.15, 0.2) is 0 Å². The Labute approximate surface area is 141 Å². The van der Waals surface area contributed by atoms with Gasteiger partial charge in [0.1, 0.15) is 18.7 Å². The number of hydrazine groups is 3. The maximum absolute atomic E-state index is 10.3. The highest BCUT2D eigenvalue weighted by Crippen LogP contribution is 2.23. The van der Waals surface area contributed by atoms with Crippen molar-refractivity contribution in [2.24, 2.45) is 4.99 Å². The topological polar surface area (TPSA) is 126 Å². The van der Waals surface area contributed by atoms with Gasteiger partial charge in [0.25, 0.3) is 0 Å². The molecule has 0 aliphatic carbocycles. The van der Waals surface area contributed by atoms with Crippen molar-refractivity contribution < 1.29 is 9.53 Å². The van der Waals surface area contributed by atoms with Crippen LogP contribution in [0.5, 0.6) is 0 Å². The number of hydrogen-bond donors (Lipinski definition) is 5. The van der Waals surface area contributed by atoms with Gasteiger partial charge in [-0.05, 0) is 25.0 Å². The van der Waals surface area contributed by atoms with E-state index >= 15 is 0 Å². The first kappa shape index (κ1) is 19.3. The molecule has 0 bridgehead atoms. The highest BCUT2D eigenvalue weighted by atomic mass is 16.5. The SMILES string of the molecule is CCc1cccc(N(C)NNNC=O)c1COC(=N)C(C)=NC=N. The minimum atomic E-state index is -0.0771. The number of ether oxygens (including phenoxy) is 1. The molecule has 9 heteroatoms. The molecule has 1 aromatic rings. The summed E-state index contributed by atoms with van der Waals surface area (Å²) >= 11 is 0. The van der Waals surface area contributed by atoms with E-state index in [9.17, 15) is 4.79 Å². The van der Waals surface area contributed by atoms with Gasteiger partial charge in [0, 0.05) is 12.6 Å². The molecule has 1 aromatic carbocycles. The summed E-state index contributed by atoms with van der Waals surface area (Å²) in [5.74, 6) is -0.0771. The summed E-state index contributed by atoms with van der Waals surface area (Å²) < 4.78 is 5.50. The van der Waals surface area contributed by atoms with E-state index in [4.69, 9.17) is 15.6 Å². The molecule has 0 aromatic heterocycles. The zero-order valence-corrected chi connectivity index (χ0v) is 14.0. The van der Waals surface area contributed by atoms with Gasteiger partial charge in [0.2, 0.25) is 12.3 Å². The highest BCUT2D eigenvalue weighted by molar-refractivity contribution is 6.37. The van der Waals surface area contributed by atoms with Crippen molar-refractivity contribution in [3.63, 3.8) is 0 Å². The second-order valence-corrected chi connectivity index (χ2v) is 4.79. The van der Waals surface area contributed by atoms with E-state index in [0.717, 1.165) is 29.6 Å². The van der Waals surface area contributed by atoms with Gasteiger partial charge in [-0.3, -0.25) is 26.0 Å². The second kappa shape index (κ2) is 10.1. The average Bonchev–Trinajstić information content (AvgIpc) is 2.59. The van der Waals surface area contributed by atoms with Gasteiger partial charge >= 0.3 is 0 Å². The summed E-state index contributed by atoms with van der Waals surface area (Å²) in [6, 6.07) is 5.82. The average molecular weight is 333 g/mol. The molecule has 0 aliphatic heterocycles. The summed E-state index contributed by atoms with van der Waals surface area (Å²) in [7, 11) is 1.78. The van der Waals surface area contributed by atoms with Crippen LogP contribution in [0.3, 0.4) is 0 Å². The number of aryl methyl sites for hydroxylation is 1. The molecule has 1 amide bonds. The molecular weight excluding hydrogens is 310 g/mol. The molecule has 0 saturated carbocycles. The molecule has 1 rings (SSSR count). The predicted molar refractivity (Wildman–Crippen MR) is 94.1 cm³/mol. The van der Waals surface area contributed by atoms with Crippen LogP contribution >= 0.6 is 0 Å². The molecule has 0 aliphatic rings. The first-order valence-corrected chi connectivity index (χ1v) is 7.34. The Bertz CT molecular complexity index is 616. The Balaban J connectivity index is 2.94. The zero-order chi connectivity index (χ0) is 17.9. The standard InChI is InChI=1S/C15H23N7O2/c1-4-12-6-5-7-14(22(3)21-20-19-10-23)13(12)8-24-15(17)11(2)18-9-16/h5-7,9-10,16-17,20-21H,4,8H2,1-3H3,(H,19,23). The maximum Gasteiger partial charge on any atom is 0.228 e. The van der Waals surface area contributed by atoms with Crippen molar-refractivity contribution >= 4 is 30.0 Å². The van der Waals surface area contributed by atoms with Crippen molar-refractivity contribution in [1.82, 2.24) is 16.5 Å². The van der Waals surface area contributed by atoms with Crippen molar-refractivity contribution in [2.75, 3.05) is 12.1 Å². The van der Waals surface area contributed by atoms with Crippen LogP contribution in [-0.2, 0) is 22.6 Å². The number of carbonyl (C=O) groups excluding carboxylic acids is 1. The number of amides is 1. The number of benzene rings is 1. The normalized spacial score (nSPS) is 10.9. The molecule has 130 valence electrons. The Kier molecular flexibility index (Phi) is 8.09. The summed E-state index contributed by atoms with van der Waals surface area (Å²) in [6.45, 7) is 3.84. The van der Waals surface area contributed by atoms with Gasteiger partial charge in [-0.1, -0.05) is 19.1 Å². The van der Waals surface area contributed by atoms with E-state index in [1.54, 1.807) is 19.0 Å². The van der Waals surface area contributed by atoms with Crippen molar-refractivity contribution in [2.45, 2.75) is 26.9 Å². The molecule has 5 N–H and O–H groups in total. The molecule has 0 atom stereocenters. The van der Waals surface area contributed by atoms with Crippen LogP contribution in [0.15, 0.2) is 23.2 Å². The lowest BCUT2D eigenvalue weighted by Crippen LogP contribution is -2.51. The first-order valence-electron chi connectivity index (χ1n) is 7.34. The van der Waals surface area contributed by atoms with Crippen LogP contribution in [0.2, 0.25) is 0 Å². The Morgan fingerprint density at radius 2 is 2.21 bits per heavy atom. The van der Waals surface area contributed by atoms with Gasteiger partial charge in [-0.15, -0.1) is 0 Å². The summed E-state index contributed by atoms with van der Waals surface area (Å²) in [6.07, 6.45) is 2.20. The summed E-state index contributed by atoms with van der Waals surface area (Å²) in [5.41, 5.74) is 10.8. The van der Waals surface area contributed by atoms with Gasteiger partial charge < -0.3 is 4.74 Å². The Morgan fingerprint density at radius 1 is 1.46 bits per heavy atom. The molecule has 0 unspecified atom stereocenters. The molecule has 24 heavy (non-hydrogen) atoms. The molecule has 9 nitrogen and oxygen atoms in total. The van der Waals surface area contributed by atoms with E-state index < -0.39 is 0 Å². The smallest absolute Gasteiger partial charge is 0.228 e. The van der Waals surface area contributed by atoms with E-state index in [1.807, 2.05) is 25.1 Å². The number of carbonyl (C=O) groups is 1. The summed E-state index contributed by atoms with van der Waals surface area (Å²) in [4.78, 5) is 14.0. The number of rotatable bonds is 10. The fraction of sp³-hybridized carbons (Fsp3) is 0.333. The predicted octanol–water partition coefficient (Wildman–Crippen LogP) is 0.917. The van der Waals surface area contributed by atoms with Crippen LogP contribution in [0.4, 0.5) is 5.69 Å². The lowest BCUT2D eigenvalue weighted by Gasteiger charge is -2.24. The third-order valence-corrected chi connectivity index (χ3v) is 3.29. The molecule has 0 radical (unpaired) electrons. The fourth-order valence-electron chi connectivity index (χ4n) is 2.04. The third kappa shape index (κ3) is 5.45. The quantitative estimate of drug-likeness (QED) is 0.143. The minimum absolute atomic E-state index is 0.0771. The van der Waals surface area contributed by atoms with Gasteiger partial charge in [-0.2, -0.15) is 11.1 Å². The van der Waals surface area contributed by atoms with Crippen LogP contribution in [0.1, 0.15) is 25.0 Å². The molecule has 0 saturated heterocycles. The lowest BCUT2D eigenvalue weighted by molar-refractivity contribution is -0.110. The lowest BCUT2D eigenvalue weighted by atomic mass is 10.0. The molecule has 0 spiro atoms. The molecular formula is C15H23N7O2. The largest absolute Gasteiger partial charge is 0.472 e. The second-order valence-electron chi connectivity index (χ2n) is 4.79. The van der Waals surface area contributed by atoms with Gasteiger partial charge in [0.05, 0.1) is 5.69 Å². The third-order valence-electron chi connectivity index (χ3n) is 3.29. The number of nitrogens with zero attached hydrogens (tertiary/aromatic N) is 2. The van der Waals surface area contributed by atoms with Crippen LogP contribution < -0.4 is 21.5 Å². The minimum Gasteiger partial charge on any atom is -0.472 e. The number of hydrogen-bond acceptors (Lipinski definition) is 7.